The topological polar surface area (TPSA) is 12.0 Å². The summed E-state index contributed by atoms with van der Waals surface area (Å²) in [5, 5.41) is 3.85. The van der Waals surface area contributed by atoms with Gasteiger partial charge in [0.1, 0.15) is 0 Å². The highest BCUT2D eigenvalue weighted by atomic mass is 14.9. The molecule has 0 amide bonds. The summed E-state index contributed by atoms with van der Waals surface area (Å²) < 4.78 is 0. The quantitative estimate of drug-likeness (QED) is 0.768. The molecule has 5 unspecified atom stereocenters. The molecule has 0 aromatic carbocycles. The minimum Gasteiger partial charge on any atom is -0.314 e. The van der Waals surface area contributed by atoms with E-state index < -0.39 is 0 Å². The lowest BCUT2D eigenvalue weighted by atomic mass is 9.69. The molecule has 0 heterocycles. The van der Waals surface area contributed by atoms with Crippen LogP contribution in [0.15, 0.2) is 0 Å². The van der Waals surface area contributed by atoms with Gasteiger partial charge in [-0.15, -0.1) is 0 Å². The van der Waals surface area contributed by atoms with Crippen LogP contribution < -0.4 is 5.32 Å². The summed E-state index contributed by atoms with van der Waals surface area (Å²) >= 11 is 0. The first-order chi connectivity index (χ1) is 7.83. The van der Waals surface area contributed by atoms with Gasteiger partial charge >= 0.3 is 0 Å². The van der Waals surface area contributed by atoms with Gasteiger partial charge in [-0.1, -0.05) is 32.6 Å². The number of hydrogen-bond donors (Lipinski definition) is 1. The van der Waals surface area contributed by atoms with E-state index in [1.54, 1.807) is 0 Å². The molecule has 3 aliphatic rings. The second-order valence-corrected chi connectivity index (χ2v) is 6.70. The Morgan fingerprint density at radius 2 is 1.69 bits per heavy atom. The summed E-state index contributed by atoms with van der Waals surface area (Å²) in [6.45, 7) is 3.70. The molecular formula is C15H27N. The van der Waals surface area contributed by atoms with Crippen molar-refractivity contribution in [2.24, 2.45) is 23.7 Å². The number of nitrogens with one attached hydrogen (secondary N) is 1. The summed E-state index contributed by atoms with van der Waals surface area (Å²) in [6, 6.07) is 0.868. The van der Waals surface area contributed by atoms with Crippen LogP contribution in [0.2, 0.25) is 0 Å². The molecule has 16 heavy (non-hydrogen) atoms. The van der Waals surface area contributed by atoms with Crippen LogP contribution in [0.5, 0.6) is 0 Å². The van der Waals surface area contributed by atoms with Gasteiger partial charge in [-0.3, -0.25) is 0 Å². The minimum absolute atomic E-state index is 0.868. The largest absolute Gasteiger partial charge is 0.314 e. The number of fused-ring (bicyclic) bond motifs is 1. The van der Waals surface area contributed by atoms with Gasteiger partial charge in [0.05, 0.1) is 0 Å². The number of rotatable bonds is 3. The monoisotopic (exact) mass is 221 g/mol. The zero-order valence-corrected chi connectivity index (χ0v) is 10.8. The predicted molar refractivity (Wildman–Crippen MR) is 68.4 cm³/mol. The van der Waals surface area contributed by atoms with E-state index in [-0.39, 0.29) is 0 Å². The molecule has 3 rings (SSSR count). The Hall–Kier alpha value is -0.0400. The van der Waals surface area contributed by atoms with Crippen LogP contribution in [0.1, 0.15) is 58.3 Å². The van der Waals surface area contributed by atoms with E-state index in [4.69, 9.17) is 0 Å². The molecule has 0 aliphatic heterocycles. The van der Waals surface area contributed by atoms with Crippen molar-refractivity contribution in [1.82, 2.24) is 5.32 Å². The third-order valence-corrected chi connectivity index (χ3v) is 5.48. The van der Waals surface area contributed by atoms with E-state index in [0.29, 0.717) is 0 Å². The summed E-state index contributed by atoms with van der Waals surface area (Å²) in [4.78, 5) is 0. The molecule has 3 saturated carbocycles. The van der Waals surface area contributed by atoms with E-state index in [1.165, 1.54) is 57.9 Å². The van der Waals surface area contributed by atoms with Crippen molar-refractivity contribution in [2.45, 2.75) is 64.3 Å². The molecule has 0 bridgehead atoms. The number of hydrogen-bond acceptors (Lipinski definition) is 1. The first-order valence-electron chi connectivity index (χ1n) is 7.56. The lowest BCUT2D eigenvalue weighted by Crippen LogP contribution is -2.39. The Balaban J connectivity index is 1.43. The molecule has 3 fully saturated rings. The Kier molecular flexibility index (Phi) is 3.24. The summed E-state index contributed by atoms with van der Waals surface area (Å²) in [5.41, 5.74) is 0. The zero-order chi connectivity index (χ0) is 11.0. The van der Waals surface area contributed by atoms with Gasteiger partial charge in [0.25, 0.3) is 0 Å². The van der Waals surface area contributed by atoms with E-state index in [9.17, 15) is 0 Å². The van der Waals surface area contributed by atoms with Gasteiger partial charge in [0.15, 0.2) is 0 Å². The molecule has 0 spiro atoms. The molecule has 0 aromatic heterocycles. The smallest absolute Gasteiger partial charge is 0.00700 e. The third kappa shape index (κ3) is 2.45. The molecule has 1 N–H and O–H groups in total. The maximum Gasteiger partial charge on any atom is 0.00700 e. The summed E-state index contributed by atoms with van der Waals surface area (Å²) in [7, 11) is 0. The average molecular weight is 221 g/mol. The van der Waals surface area contributed by atoms with Crippen LogP contribution >= 0.6 is 0 Å². The third-order valence-electron chi connectivity index (χ3n) is 5.48. The van der Waals surface area contributed by atoms with Crippen LogP contribution in [-0.2, 0) is 0 Å². The van der Waals surface area contributed by atoms with Crippen molar-refractivity contribution in [1.29, 1.82) is 0 Å². The van der Waals surface area contributed by atoms with Crippen LogP contribution in [0.3, 0.4) is 0 Å². The van der Waals surface area contributed by atoms with Crippen molar-refractivity contribution in [3.05, 3.63) is 0 Å². The fraction of sp³-hybridized carbons (Fsp3) is 1.00. The van der Waals surface area contributed by atoms with E-state index in [1.807, 2.05) is 0 Å². The fourth-order valence-corrected chi connectivity index (χ4v) is 4.06. The van der Waals surface area contributed by atoms with Crippen molar-refractivity contribution >= 4 is 0 Å². The van der Waals surface area contributed by atoms with Crippen molar-refractivity contribution in [3.63, 3.8) is 0 Å². The lowest BCUT2D eigenvalue weighted by Gasteiger charge is -2.39. The first kappa shape index (κ1) is 11.1. The molecule has 1 heteroatoms. The Labute approximate surface area is 100 Å². The van der Waals surface area contributed by atoms with Crippen molar-refractivity contribution < 1.29 is 0 Å². The highest BCUT2D eigenvalue weighted by Crippen LogP contribution is 2.41. The highest BCUT2D eigenvalue weighted by molar-refractivity contribution is 4.89. The molecule has 92 valence electrons. The molecule has 0 saturated heterocycles. The highest BCUT2D eigenvalue weighted by Gasteiger charge is 2.35. The van der Waals surface area contributed by atoms with Gasteiger partial charge in [-0.05, 0) is 55.9 Å². The van der Waals surface area contributed by atoms with Crippen LogP contribution in [0, 0.1) is 23.7 Å². The van der Waals surface area contributed by atoms with E-state index in [2.05, 4.69) is 12.2 Å². The lowest BCUT2D eigenvalue weighted by molar-refractivity contribution is 0.143. The molecular weight excluding hydrogens is 194 g/mol. The van der Waals surface area contributed by atoms with Gasteiger partial charge in [0, 0.05) is 6.04 Å². The molecule has 5 atom stereocenters. The Morgan fingerprint density at radius 3 is 2.44 bits per heavy atom. The SMILES string of the molecule is CC1CC1CNC1CCC2CCCCC2C1. The van der Waals surface area contributed by atoms with Crippen molar-refractivity contribution in [2.75, 3.05) is 6.54 Å². The Morgan fingerprint density at radius 1 is 0.938 bits per heavy atom. The molecule has 0 radical (unpaired) electrons. The van der Waals surface area contributed by atoms with Crippen LogP contribution in [0.4, 0.5) is 0 Å². The average Bonchev–Trinajstić information content (AvgIpc) is 3.03. The first-order valence-corrected chi connectivity index (χ1v) is 7.56. The second kappa shape index (κ2) is 4.68. The molecule has 1 nitrogen and oxygen atoms in total. The summed E-state index contributed by atoms with van der Waals surface area (Å²) in [6.07, 6.45) is 12.0. The predicted octanol–water partition coefficient (Wildman–Crippen LogP) is 3.59. The maximum atomic E-state index is 3.85. The second-order valence-electron chi connectivity index (χ2n) is 6.70. The summed E-state index contributed by atoms with van der Waals surface area (Å²) in [5.74, 6) is 4.21. The van der Waals surface area contributed by atoms with Gasteiger partial charge in [-0.25, -0.2) is 0 Å². The van der Waals surface area contributed by atoms with E-state index >= 15 is 0 Å². The normalized spacial score (nSPS) is 47.4. The molecule has 0 aromatic rings. The van der Waals surface area contributed by atoms with Crippen molar-refractivity contribution in [3.8, 4) is 0 Å². The van der Waals surface area contributed by atoms with Gasteiger partial charge in [-0.2, -0.15) is 0 Å². The fourth-order valence-electron chi connectivity index (χ4n) is 4.06. The van der Waals surface area contributed by atoms with Gasteiger partial charge in [0.2, 0.25) is 0 Å². The standard InChI is InChI=1S/C15H27N/c1-11-8-14(11)10-16-15-7-6-12-4-2-3-5-13(12)9-15/h11-16H,2-10H2,1H3. The maximum absolute atomic E-state index is 3.85. The van der Waals surface area contributed by atoms with Crippen LogP contribution in [0.25, 0.3) is 0 Å². The Bertz CT molecular complexity index is 238. The van der Waals surface area contributed by atoms with Crippen LogP contribution in [-0.4, -0.2) is 12.6 Å². The molecule has 3 aliphatic carbocycles. The van der Waals surface area contributed by atoms with E-state index in [0.717, 1.165) is 29.7 Å². The zero-order valence-electron chi connectivity index (χ0n) is 10.8. The van der Waals surface area contributed by atoms with Gasteiger partial charge < -0.3 is 5.32 Å². The minimum atomic E-state index is 0.868.